The Morgan fingerprint density at radius 3 is 2.77 bits per heavy atom. The van der Waals surface area contributed by atoms with Gasteiger partial charge in [0.25, 0.3) is 0 Å². The summed E-state index contributed by atoms with van der Waals surface area (Å²) in [5.41, 5.74) is 0.493. The van der Waals surface area contributed by atoms with Gasteiger partial charge in [-0.05, 0) is 61.4 Å². The van der Waals surface area contributed by atoms with Crippen molar-refractivity contribution in [3.05, 3.63) is 56.4 Å². The van der Waals surface area contributed by atoms with E-state index in [1.54, 1.807) is 6.92 Å². The van der Waals surface area contributed by atoms with Crippen LogP contribution in [-0.4, -0.2) is 18.5 Å². The minimum atomic E-state index is -4.59. The molecular weight excluding hydrogens is 451 g/mol. The van der Waals surface area contributed by atoms with Crippen LogP contribution in [0.3, 0.4) is 0 Å². The van der Waals surface area contributed by atoms with Crippen LogP contribution in [0.25, 0.3) is 6.08 Å². The molecule has 3 rings (SSSR count). The first kappa shape index (κ1) is 23.3. The molecule has 0 radical (unpaired) electrons. The van der Waals surface area contributed by atoms with Gasteiger partial charge in [-0.3, -0.25) is 4.79 Å². The van der Waals surface area contributed by atoms with E-state index in [1.807, 2.05) is 0 Å². The van der Waals surface area contributed by atoms with Gasteiger partial charge in [0.15, 0.2) is 0 Å². The molecule has 1 aliphatic carbocycles. The molecule has 1 N–H and O–H groups in total. The maximum absolute atomic E-state index is 13.0. The number of benzene rings is 1. The predicted molar refractivity (Wildman–Crippen MR) is 116 cm³/mol. The minimum Gasteiger partial charge on any atom is -0.462 e. The molecule has 0 bridgehead atoms. The van der Waals surface area contributed by atoms with Crippen molar-refractivity contribution in [1.82, 2.24) is 0 Å². The number of rotatable bonds is 5. The van der Waals surface area contributed by atoms with Crippen LogP contribution < -0.4 is 5.32 Å². The second kappa shape index (κ2) is 9.44. The zero-order valence-electron chi connectivity index (χ0n) is 16.9. The lowest BCUT2D eigenvalue weighted by Gasteiger charge is -2.18. The first-order valence-electron chi connectivity index (χ1n) is 9.77. The monoisotopic (exact) mass is 471 g/mol. The first-order valence-corrected chi connectivity index (χ1v) is 11.0. The number of fused-ring (bicyclic) bond motifs is 1. The van der Waals surface area contributed by atoms with Crippen LogP contribution in [0.5, 0.6) is 0 Å². The molecule has 1 heterocycles. The number of esters is 1. The molecule has 0 saturated carbocycles. The smallest absolute Gasteiger partial charge is 0.417 e. The number of amides is 1. The molecule has 4 nitrogen and oxygen atoms in total. The summed E-state index contributed by atoms with van der Waals surface area (Å²) in [7, 11) is 0. The van der Waals surface area contributed by atoms with Crippen LogP contribution >= 0.6 is 22.9 Å². The molecule has 166 valence electrons. The third-order valence-electron chi connectivity index (χ3n) is 4.95. The number of carbonyl (C=O) groups is 2. The number of thiophene rings is 1. The fourth-order valence-electron chi connectivity index (χ4n) is 3.45. The quantitative estimate of drug-likeness (QED) is 0.407. The van der Waals surface area contributed by atoms with Crippen LogP contribution in [0.1, 0.15) is 52.2 Å². The highest BCUT2D eigenvalue weighted by atomic mass is 35.5. The van der Waals surface area contributed by atoms with E-state index < -0.39 is 28.6 Å². The first-order chi connectivity index (χ1) is 14.6. The molecule has 31 heavy (non-hydrogen) atoms. The van der Waals surface area contributed by atoms with E-state index in [0.717, 1.165) is 47.9 Å². The maximum Gasteiger partial charge on any atom is 0.417 e. The Balaban J connectivity index is 1.83. The summed E-state index contributed by atoms with van der Waals surface area (Å²) >= 11 is 6.96. The molecule has 1 amide bonds. The summed E-state index contributed by atoms with van der Waals surface area (Å²) in [5, 5.41) is 2.68. The van der Waals surface area contributed by atoms with Gasteiger partial charge in [0, 0.05) is 11.0 Å². The summed E-state index contributed by atoms with van der Waals surface area (Å²) < 4.78 is 44.2. The van der Waals surface area contributed by atoms with Gasteiger partial charge in [0.1, 0.15) is 5.00 Å². The lowest BCUT2D eigenvalue weighted by molar-refractivity contribution is -0.137. The van der Waals surface area contributed by atoms with Crippen LogP contribution in [0.15, 0.2) is 24.3 Å². The maximum atomic E-state index is 13.0. The summed E-state index contributed by atoms with van der Waals surface area (Å²) in [4.78, 5) is 26.0. The predicted octanol–water partition coefficient (Wildman–Crippen LogP) is 6.37. The fraction of sp³-hybridized carbons (Fsp3) is 0.364. The molecule has 0 spiro atoms. The number of nitrogens with one attached hydrogen (secondary N) is 1. The van der Waals surface area contributed by atoms with E-state index in [-0.39, 0.29) is 12.2 Å². The van der Waals surface area contributed by atoms with Gasteiger partial charge >= 0.3 is 12.1 Å². The summed E-state index contributed by atoms with van der Waals surface area (Å²) in [6.45, 7) is 4.06. The van der Waals surface area contributed by atoms with Crippen LogP contribution in [0.2, 0.25) is 5.02 Å². The van der Waals surface area contributed by atoms with E-state index >= 15 is 0 Å². The highest BCUT2D eigenvalue weighted by molar-refractivity contribution is 7.17. The van der Waals surface area contributed by atoms with Crippen molar-refractivity contribution in [3.8, 4) is 0 Å². The standard InChI is InChI=1S/C22H21ClF3NO3S/c1-3-30-21(29)19-14-7-4-12(2)10-17(14)31-20(19)27-18(28)9-6-13-5-8-16(23)15(11-13)22(24,25)26/h5-6,8-9,11-12H,3-4,7,10H2,1-2H3,(H,27,28)/b9-6+. The lowest BCUT2D eigenvalue weighted by Crippen LogP contribution is -2.15. The van der Waals surface area contributed by atoms with Gasteiger partial charge < -0.3 is 10.1 Å². The van der Waals surface area contributed by atoms with Gasteiger partial charge in [-0.15, -0.1) is 11.3 Å². The topological polar surface area (TPSA) is 55.4 Å². The Kier molecular flexibility index (Phi) is 7.11. The Morgan fingerprint density at radius 2 is 2.10 bits per heavy atom. The highest BCUT2D eigenvalue weighted by Gasteiger charge is 2.33. The number of halogens is 4. The Bertz CT molecular complexity index is 1030. The molecule has 0 saturated heterocycles. The van der Waals surface area contributed by atoms with Crippen molar-refractivity contribution in [2.24, 2.45) is 5.92 Å². The number of alkyl halides is 3. The van der Waals surface area contributed by atoms with Crippen molar-refractivity contribution in [1.29, 1.82) is 0 Å². The SMILES string of the molecule is CCOC(=O)c1c(NC(=O)/C=C/c2ccc(Cl)c(C(F)(F)F)c2)sc2c1CCC(C)C2. The number of hydrogen-bond acceptors (Lipinski definition) is 4. The molecule has 2 aromatic rings. The Labute approximate surface area is 187 Å². The molecule has 0 aliphatic heterocycles. The van der Waals surface area contributed by atoms with E-state index in [1.165, 1.54) is 23.5 Å². The number of carbonyl (C=O) groups excluding carboxylic acids is 2. The van der Waals surface area contributed by atoms with Gasteiger partial charge in [-0.1, -0.05) is 24.6 Å². The average molecular weight is 472 g/mol. The molecular formula is C22H21ClF3NO3S. The molecule has 1 aromatic carbocycles. The van der Waals surface area contributed by atoms with Crippen LogP contribution in [0.4, 0.5) is 18.2 Å². The largest absolute Gasteiger partial charge is 0.462 e. The van der Waals surface area contributed by atoms with Gasteiger partial charge in [0.2, 0.25) is 5.91 Å². The fourth-order valence-corrected chi connectivity index (χ4v) is 5.07. The number of hydrogen-bond donors (Lipinski definition) is 1. The van der Waals surface area contributed by atoms with E-state index in [2.05, 4.69) is 12.2 Å². The molecule has 9 heteroatoms. The van der Waals surface area contributed by atoms with Gasteiger partial charge in [0.05, 0.1) is 22.8 Å². The summed E-state index contributed by atoms with van der Waals surface area (Å²) in [6.07, 6.45) is 0.299. The van der Waals surface area contributed by atoms with Gasteiger partial charge in [-0.25, -0.2) is 4.79 Å². The second-order valence-corrected chi connectivity index (χ2v) is 8.85. The molecule has 1 atom stereocenters. The highest BCUT2D eigenvalue weighted by Crippen LogP contribution is 2.40. The van der Waals surface area contributed by atoms with E-state index in [0.29, 0.717) is 16.5 Å². The van der Waals surface area contributed by atoms with Crippen LogP contribution in [0, 0.1) is 5.92 Å². The average Bonchev–Trinajstić information content (AvgIpc) is 3.03. The lowest BCUT2D eigenvalue weighted by atomic mass is 9.88. The van der Waals surface area contributed by atoms with Crippen molar-refractivity contribution in [3.63, 3.8) is 0 Å². The summed E-state index contributed by atoms with van der Waals surface area (Å²) in [5.74, 6) is -0.556. The third kappa shape index (κ3) is 5.49. The normalized spacial score (nSPS) is 16.3. The van der Waals surface area contributed by atoms with E-state index in [9.17, 15) is 22.8 Å². The van der Waals surface area contributed by atoms with Crippen LogP contribution in [-0.2, 0) is 28.5 Å². The second-order valence-electron chi connectivity index (χ2n) is 7.34. The van der Waals surface area contributed by atoms with Crippen molar-refractivity contribution in [2.75, 3.05) is 11.9 Å². The van der Waals surface area contributed by atoms with E-state index in [4.69, 9.17) is 16.3 Å². The summed E-state index contributed by atoms with van der Waals surface area (Å²) in [6, 6.07) is 3.40. The molecule has 1 unspecified atom stereocenters. The Hall–Kier alpha value is -2.32. The minimum absolute atomic E-state index is 0.178. The number of anilines is 1. The van der Waals surface area contributed by atoms with Gasteiger partial charge in [-0.2, -0.15) is 13.2 Å². The third-order valence-corrected chi connectivity index (χ3v) is 6.45. The van der Waals surface area contributed by atoms with Crippen molar-refractivity contribution in [2.45, 2.75) is 39.3 Å². The number of ether oxygens (including phenoxy) is 1. The van der Waals surface area contributed by atoms with Crippen molar-refractivity contribution >= 4 is 45.9 Å². The Morgan fingerprint density at radius 1 is 1.35 bits per heavy atom. The zero-order valence-corrected chi connectivity index (χ0v) is 18.5. The van der Waals surface area contributed by atoms with Crippen molar-refractivity contribution < 1.29 is 27.5 Å². The molecule has 1 aromatic heterocycles. The molecule has 0 fully saturated rings. The molecule has 1 aliphatic rings. The zero-order chi connectivity index (χ0) is 22.8.